The number of phenols is 1. The van der Waals surface area contributed by atoms with Gasteiger partial charge in [0.1, 0.15) is 23.7 Å². The first-order chi connectivity index (χ1) is 33.8. The number of rotatable bonds is 13. The zero-order valence-electron chi connectivity index (χ0n) is 39.2. The molecule has 370 valence electrons. The molecular weight excluding hydrogens is 945 g/mol. The number of ether oxygens (including phenoxy) is 1. The van der Waals surface area contributed by atoms with Gasteiger partial charge < -0.3 is 34.6 Å². The summed E-state index contributed by atoms with van der Waals surface area (Å²) in [5, 5.41) is 34.9. The van der Waals surface area contributed by atoms with Crippen LogP contribution in [0.15, 0.2) is 65.5 Å². The number of nitriles is 1. The fraction of sp³-hybridized carbons (Fsp3) is 0.392. The second kappa shape index (κ2) is 18.8. The molecule has 3 N–H and O–H groups in total. The number of aliphatic hydroxyl groups is 1. The van der Waals surface area contributed by atoms with Crippen LogP contribution in [0.4, 0.5) is 28.9 Å². The second-order valence-corrected chi connectivity index (χ2v) is 19.2. The number of amides is 2. The number of aromatic hydroxyl groups is 1. The highest BCUT2D eigenvalue weighted by molar-refractivity contribution is 7.81. The van der Waals surface area contributed by atoms with Crippen LogP contribution in [0.3, 0.4) is 0 Å². The number of benzene rings is 3. The van der Waals surface area contributed by atoms with Crippen molar-refractivity contribution < 1.29 is 46.9 Å². The number of carbonyl (C=O) groups is 3. The summed E-state index contributed by atoms with van der Waals surface area (Å²) in [5.74, 6) is -2.77. The van der Waals surface area contributed by atoms with Crippen LogP contribution in [0.1, 0.15) is 96.6 Å². The summed E-state index contributed by atoms with van der Waals surface area (Å²) in [5.41, 5.74) is -1.99. The molecule has 20 heteroatoms. The highest BCUT2D eigenvalue weighted by Gasteiger charge is 2.51. The molecule has 0 radical (unpaired) electrons. The quantitative estimate of drug-likeness (QED) is 0.0474. The molecule has 4 aliphatic rings. The summed E-state index contributed by atoms with van der Waals surface area (Å²) < 4.78 is 63.5. The highest BCUT2D eigenvalue weighted by Crippen LogP contribution is 2.42. The summed E-state index contributed by atoms with van der Waals surface area (Å²) in [4.78, 5) is 64.7. The third kappa shape index (κ3) is 8.78. The van der Waals surface area contributed by atoms with Crippen LogP contribution in [-0.2, 0) is 45.8 Å². The molecule has 0 saturated carbocycles. The summed E-state index contributed by atoms with van der Waals surface area (Å²) in [6.45, 7) is 9.69. The largest absolute Gasteiger partial charge is 0.508 e. The van der Waals surface area contributed by atoms with E-state index < -0.39 is 52.0 Å². The molecule has 6 heterocycles. The number of phenolic OH excluding ortho intramolecular Hbond substituents is 1. The number of cyclic esters (lactones) is 1. The van der Waals surface area contributed by atoms with Gasteiger partial charge in [0.05, 0.1) is 57.5 Å². The maximum absolute atomic E-state index is 15.5. The Labute approximate surface area is 410 Å². The molecule has 1 atom stereocenters. The Morgan fingerprint density at radius 2 is 1.68 bits per heavy atom. The standard InChI is InChI=1S/C51H50F4N8O7S/c1-4-50(69)38-24-41-43-30(26-61(41)45(66)36(38)28-70-47(50)68)21-34-35(42(64)14-13-40(34)58-43)27-60-19-17-59(18-20-60)16-8-6-5-7-15-57-44(65)33-12-11-32(23-39(33)52)63-48(71)62(46(67)49(63,2)3)31-10-9-29(25-56)37(22-31)51(53,54)55/h9-14,21-24,64,69H,4-8,15-20,26-28H2,1-3H3,(H,57,65). The summed E-state index contributed by atoms with van der Waals surface area (Å²) in [6, 6.07) is 15.1. The topological polar surface area (TPSA) is 185 Å². The monoisotopic (exact) mass is 994 g/mol. The molecule has 1 unspecified atom stereocenters. The predicted octanol–water partition coefficient (Wildman–Crippen LogP) is 6.84. The first-order valence-corrected chi connectivity index (χ1v) is 23.8. The molecule has 2 fully saturated rings. The molecule has 0 spiro atoms. The Morgan fingerprint density at radius 3 is 2.38 bits per heavy atom. The molecule has 9 rings (SSSR count). The number of piperazine rings is 1. The van der Waals surface area contributed by atoms with Gasteiger partial charge in [0.25, 0.3) is 17.4 Å². The molecule has 5 aromatic rings. The van der Waals surface area contributed by atoms with Crippen molar-refractivity contribution in [2.75, 3.05) is 49.1 Å². The zero-order valence-corrected chi connectivity index (χ0v) is 40.0. The van der Waals surface area contributed by atoms with Crippen LogP contribution in [0, 0.1) is 17.1 Å². The summed E-state index contributed by atoms with van der Waals surface area (Å²) in [7, 11) is 0. The van der Waals surface area contributed by atoms with Gasteiger partial charge in [-0.1, -0.05) is 19.8 Å². The lowest BCUT2D eigenvalue weighted by Crippen LogP contribution is -2.46. The lowest BCUT2D eigenvalue weighted by Gasteiger charge is -2.35. The van der Waals surface area contributed by atoms with Gasteiger partial charge in [-0.05, 0) is 113 Å². The normalized spacial score (nSPS) is 18.9. The van der Waals surface area contributed by atoms with Crippen molar-refractivity contribution in [1.29, 1.82) is 5.26 Å². The number of hydrogen-bond donors (Lipinski definition) is 3. The first-order valence-electron chi connectivity index (χ1n) is 23.4. The summed E-state index contributed by atoms with van der Waals surface area (Å²) in [6.07, 6.45) is -1.43. The minimum Gasteiger partial charge on any atom is -0.508 e. The number of pyridine rings is 2. The number of nitrogens with zero attached hydrogens (tertiary/aromatic N) is 7. The zero-order chi connectivity index (χ0) is 50.7. The number of alkyl halides is 3. The molecule has 3 aromatic carbocycles. The van der Waals surface area contributed by atoms with E-state index >= 15 is 4.39 Å². The molecule has 2 aromatic heterocycles. The van der Waals surface area contributed by atoms with E-state index in [1.165, 1.54) is 43.0 Å². The van der Waals surface area contributed by atoms with E-state index in [0.717, 1.165) is 85.5 Å². The van der Waals surface area contributed by atoms with Crippen LogP contribution in [-0.4, -0.2) is 97.3 Å². The fourth-order valence-corrected chi connectivity index (χ4v) is 10.6. The second-order valence-electron chi connectivity index (χ2n) is 18.8. The number of carbonyl (C=O) groups excluding carboxylic acids is 3. The van der Waals surface area contributed by atoms with Gasteiger partial charge in [-0.3, -0.25) is 24.2 Å². The van der Waals surface area contributed by atoms with Crippen molar-refractivity contribution in [1.82, 2.24) is 24.7 Å². The van der Waals surface area contributed by atoms with Crippen LogP contribution in [0.25, 0.3) is 22.3 Å². The maximum atomic E-state index is 15.5. The van der Waals surface area contributed by atoms with Crippen molar-refractivity contribution >= 4 is 57.4 Å². The number of halogens is 4. The third-order valence-corrected chi connectivity index (χ3v) is 14.5. The van der Waals surface area contributed by atoms with E-state index in [1.54, 1.807) is 29.7 Å². The van der Waals surface area contributed by atoms with Gasteiger partial charge >= 0.3 is 12.1 Å². The van der Waals surface area contributed by atoms with Crippen LogP contribution < -0.4 is 20.7 Å². The Kier molecular flexibility index (Phi) is 13.0. The average Bonchev–Trinajstić information content (AvgIpc) is 3.78. The summed E-state index contributed by atoms with van der Waals surface area (Å²) >= 11 is 5.55. The van der Waals surface area contributed by atoms with Gasteiger partial charge in [0.2, 0.25) is 0 Å². The van der Waals surface area contributed by atoms with E-state index in [-0.39, 0.29) is 64.1 Å². The van der Waals surface area contributed by atoms with Crippen molar-refractivity contribution in [3.05, 3.63) is 116 Å². The minimum atomic E-state index is -4.86. The number of unbranched alkanes of at least 4 members (excludes halogenated alkanes) is 3. The van der Waals surface area contributed by atoms with Crippen molar-refractivity contribution in [2.45, 2.75) is 89.9 Å². The van der Waals surface area contributed by atoms with Crippen molar-refractivity contribution in [2.24, 2.45) is 0 Å². The Morgan fingerprint density at radius 1 is 0.958 bits per heavy atom. The van der Waals surface area contributed by atoms with Crippen molar-refractivity contribution in [3.63, 3.8) is 0 Å². The highest BCUT2D eigenvalue weighted by atomic mass is 32.1. The maximum Gasteiger partial charge on any atom is 0.417 e. The molecule has 15 nitrogen and oxygen atoms in total. The smallest absolute Gasteiger partial charge is 0.417 e. The average molecular weight is 995 g/mol. The number of thiocarbonyl (C=S) groups is 1. The Bertz CT molecular complexity index is 3150. The minimum absolute atomic E-state index is 0.0507. The predicted molar refractivity (Wildman–Crippen MR) is 258 cm³/mol. The number of fused-ring (bicyclic) bond motifs is 5. The number of anilines is 2. The van der Waals surface area contributed by atoms with E-state index in [9.17, 15) is 47.8 Å². The van der Waals surface area contributed by atoms with Gasteiger partial charge in [-0.25, -0.2) is 14.2 Å². The number of hydrogen-bond acceptors (Lipinski definition) is 12. The SMILES string of the molecule is CCC1(O)C(=O)OCc2c1cc1n(c2=O)Cc2cc3c(CN4CCN(CCCCCCNC(=O)c5ccc(N6C(=S)N(c7ccc(C#N)c(C(F)(F)F)c7)C(=O)C6(C)C)cc5F)CC4)c(O)ccc3nc2-1. The van der Waals surface area contributed by atoms with E-state index in [0.29, 0.717) is 42.5 Å². The number of aromatic nitrogens is 2. The van der Waals surface area contributed by atoms with Gasteiger partial charge in [-0.15, -0.1) is 0 Å². The third-order valence-electron chi connectivity index (χ3n) is 14.1. The molecule has 2 saturated heterocycles. The van der Waals surface area contributed by atoms with Gasteiger partial charge in [-0.2, -0.15) is 18.4 Å². The van der Waals surface area contributed by atoms with E-state index in [2.05, 4.69) is 15.1 Å². The lowest BCUT2D eigenvalue weighted by atomic mass is 9.86. The molecule has 4 aliphatic heterocycles. The molecule has 0 aliphatic carbocycles. The van der Waals surface area contributed by atoms with Crippen LogP contribution in [0.2, 0.25) is 0 Å². The van der Waals surface area contributed by atoms with Gasteiger partial charge in [0, 0.05) is 67.0 Å². The lowest BCUT2D eigenvalue weighted by molar-refractivity contribution is -0.172. The fourth-order valence-electron chi connectivity index (χ4n) is 10.1. The van der Waals surface area contributed by atoms with Crippen LogP contribution in [0.5, 0.6) is 5.75 Å². The molecular formula is C51H50F4N8O7S. The Balaban J connectivity index is 0.735. The number of esters is 1. The first kappa shape index (κ1) is 49.2. The van der Waals surface area contributed by atoms with E-state index in [4.69, 9.17) is 21.9 Å². The Hall–Kier alpha value is -6.79. The van der Waals surface area contributed by atoms with Crippen LogP contribution >= 0.6 is 12.2 Å². The molecule has 71 heavy (non-hydrogen) atoms. The van der Waals surface area contributed by atoms with E-state index in [1.807, 2.05) is 6.07 Å². The van der Waals surface area contributed by atoms with Gasteiger partial charge in [0.15, 0.2) is 10.7 Å². The van der Waals surface area contributed by atoms with Crippen molar-refractivity contribution in [3.8, 4) is 23.2 Å². The molecule has 2 amide bonds. The molecule has 0 bridgehead atoms. The number of nitrogens with one attached hydrogen (secondary N) is 1.